The van der Waals surface area contributed by atoms with Crippen LogP contribution in [0.25, 0.3) is 0 Å². The van der Waals surface area contributed by atoms with Crippen LogP contribution < -0.4 is 14.8 Å². The zero-order valence-electron chi connectivity index (χ0n) is 13.9. The summed E-state index contributed by atoms with van der Waals surface area (Å²) in [5.41, 5.74) is 2.31. The van der Waals surface area contributed by atoms with E-state index >= 15 is 0 Å². The molecule has 1 aromatic rings. The molecule has 0 radical (unpaired) electrons. The number of hydrogen-bond donors (Lipinski definition) is 2. The lowest BCUT2D eigenvalue weighted by Gasteiger charge is -2.20. The Morgan fingerprint density at radius 1 is 1.18 bits per heavy atom. The zero-order chi connectivity index (χ0) is 15.9. The molecule has 5 heteroatoms. The van der Waals surface area contributed by atoms with Crippen LogP contribution in [-0.4, -0.2) is 56.5 Å². The van der Waals surface area contributed by atoms with E-state index in [4.69, 9.17) is 9.47 Å². The summed E-state index contributed by atoms with van der Waals surface area (Å²) in [6.45, 7) is 6.36. The van der Waals surface area contributed by atoms with Crippen molar-refractivity contribution < 1.29 is 14.6 Å². The summed E-state index contributed by atoms with van der Waals surface area (Å²) in [4.78, 5) is 2.33. The second kappa shape index (κ2) is 8.36. The van der Waals surface area contributed by atoms with Crippen molar-refractivity contribution in [1.82, 2.24) is 10.2 Å². The van der Waals surface area contributed by atoms with Crippen LogP contribution in [0.4, 0.5) is 0 Å². The monoisotopic (exact) mass is 308 g/mol. The van der Waals surface area contributed by atoms with Crippen molar-refractivity contribution in [2.24, 2.45) is 0 Å². The number of rotatable bonds is 8. The van der Waals surface area contributed by atoms with E-state index in [1.54, 1.807) is 14.2 Å². The molecule has 1 atom stereocenters. The summed E-state index contributed by atoms with van der Waals surface area (Å²) in [5, 5.41) is 13.4. The summed E-state index contributed by atoms with van der Waals surface area (Å²) in [5.74, 6) is 1.49. The molecule has 1 fully saturated rings. The fourth-order valence-electron chi connectivity index (χ4n) is 2.91. The number of methoxy groups -OCH3 is 2. The highest BCUT2D eigenvalue weighted by Crippen LogP contribution is 2.30. The first-order valence-corrected chi connectivity index (χ1v) is 7.96. The molecule has 1 aliphatic rings. The number of ether oxygens (including phenoxy) is 2. The quantitative estimate of drug-likeness (QED) is 0.763. The van der Waals surface area contributed by atoms with Gasteiger partial charge in [-0.3, -0.25) is 0 Å². The summed E-state index contributed by atoms with van der Waals surface area (Å²) < 4.78 is 10.6. The first kappa shape index (κ1) is 17.1. The lowest BCUT2D eigenvalue weighted by molar-refractivity contribution is 0.123. The highest BCUT2D eigenvalue weighted by atomic mass is 16.5. The molecule has 0 amide bonds. The Bertz CT molecular complexity index is 473. The van der Waals surface area contributed by atoms with Gasteiger partial charge in [-0.15, -0.1) is 0 Å². The van der Waals surface area contributed by atoms with Crippen LogP contribution in [-0.2, 0) is 6.54 Å². The molecule has 22 heavy (non-hydrogen) atoms. The third-order valence-electron chi connectivity index (χ3n) is 4.21. The Morgan fingerprint density at radius 3 is 2.45 bits per heavy atom. The third kappa shape index (κ3) is 4.60. The average molecular weight is 308 g/mol. The highest BCUT2D eigenvalue weighted by molar-refractivity contribution is 5.46. The van der Waals surface area contributed by atoms with Gasteiger partial charge in [0, 0.05) is 19.6 Å². The molecule has 0 aromatic heterocycles. The number of aliphatic hydroxyl groups is 1. The number of hydrogen-bond acceptors (Lipinski definition) is 5. The summed E-state index contributed by atoms with van der Waals surface area (Å²) >= 11 is 0. The summed E-state index contributed by atoms with van der Waals surface area (Å²) in [7, 11) is 3.29. The zero-order valence-corrected chi connectivity index (χ0v) is 13.9. The number of nitrogens with zero attached hydrogens (tertiary/aromatic N) is 1. The topological polar surface area (TPSA) is 54.0 Å². The number of benzene rings is 1. The Labute approximate surface area is 133 Å². The molecular weight excluding hydrogens is 280 g/mol. The maximum atomic E-state index is 10.1. The fourth-order valence-corrected chi connectivity index (χ4v) is 2.91. The largest absolute Gasteiger partial charge is 0.493 e. The lowest BCUT2D eigenvalue weighted by atomic mass is 10.1. The number of likely N-dealkylation sites (tertiary alicyclic amines) is 1. The minimum Gasteiger partial charge on any atom is -0.493 e. The molecule has 1 saturated heterocycles. The smallest absolute Gasteiger partial charge is 0.161 e. The van der Waals surface area contributed by atoms with Gasteiger partial charge in [0.05, 0.1) is 20.3 Å². The third-order valence-corrected chi connectivity index (χ3v) is 4.21. The standard InChI is InChI=1S/C17H28N2O3/c1-13-8-16(21-2)17(22-3)9-14(13)10-18-11-15(20)12-19-6-4-5-7-19/h8-9,15,18,20H,4-7,10-12H2,1-3H3. The highest BCUT2D eigenvalue weighted by Gasteiger charge is 2.15. The van der Waals surface area contributed by atoms with Crippen LogP contribution >= 0.6 is 0 Å². The predicted octanol–water partition coefficient (Wildman–Crippen LogP) is 1.56. The number of aliphatic hydroxyl groups excluding tert-OH is 1. The average Bonchev–Trinajstić information content (AvgIpc) is 3.01. The van der Waals surface area contributed by atoms with Crippen molar-refractivity contribution in [3.8, 4) is 11.5 Å². The van der Waals surface area contributed by atoms with E-state index < -0.39 is 0 Å². The molecule has 0 saturated carbocycles. The SMILES string of the molecule is COc1cc(C)c(CNCC(O)CN2CCCC2)cc1OC. The number of nitrogens with one attached hydrogen (secondary N) is 1. The Morgan fingerprint density at radius 2 is 1.82 bits per heavy atom. The molecule has 0 spiro atoms. The van der Waals surface area contributed by atoms with Gasteiger partial charge in [0.1, 0.15) is 0 Å². The van der Waals surface area contributed by atoms with E-state index in [1.807, 2.05) is 12.1 Å². The van der Waals surface area contributed by atoms with Gasteiger partial charge in [0.25, 0.3) is 0 Å². The molecule has 0 aliphatic carbocycles. The molecule has 2 N–H and O–H groups in total. The van der Waals surface area contributed by atoms with Crippen molar-refractivity contribution >= 4 is 0 Å². The molecule has 1 aromatic carbocycles. The van der Waals surface area contributed by atoms with Gasteiger partial charge in [-0.25, -0.2) is 0 Å². The van der Waals surface area contributed by atoms with Crippen molar-refractivity contribution in [3.63, 3.8) is 0 Å². The van der Waals surface area contributed by atoms with Crippen molar-refractivity contribution in [3.05, 3.63) is 23.3 Å². The Kier molecular flexibility index (Phi) is 6.49. The van der Waals surface area contributed by atoms with Gasteiger partial charge in [-0.1, -0.05) is 0 Å². The van der Waals surface area contributed by atoms with Gasteiger partial charge in [0.15, 0.2) is 11.5 Å². The van der Waals surface area contributed by atoms with Gasteiger partial charge in [0.2, 0.25) is 0 Å². The molecule has 1 unspecified atom stereocenters. The minimum absolute atomic E-state index is 0.321. The van der Waals surface area contributed by atoms with Crippen LogP contribution in [0.2, 0.25) is 0 Å². The fraction of sp³-hybridized carbons (Fsp3) is 0.647. The second-order valence-corrected chi connectivity index (χ2v) is 5.93. The molecule has 1 aliphatic heterocycles. The molecule has 124 valence electrons. The van der Waals surface area contributed by atoms with Crippen molar-refractivity contribution in [2.75, 3.05) is 40.4 Å². The van der Waals surface area contributed by atoms with Gasteiger partial charge in [-0.05, 0) is 56.1 Å². The Hall–Kier alpha value is -1.30. The normalized spacial score (nSPS) is 16.7. The molecule has 2 rings (SSSR count). The van der Waals surface area contributed by atoms with E-state index in [0.29, 0.717) is 13.1 Å². The van der Waals surface area contributed by atoms with E-state index in [2.05, 4.69) is 17.1 Å². The summed E-state index contributed by atoms with van der Waals surface area (Å²) in [6, 6.07) is 3.98. The van der Waals surface area contributed by atoms with Crippen LogP contribution in [0.15, 0.2) is 12.1 Å². The number of β-amino-alcohol motifs (C(OH)–C–C–N with tert-alkyl or cyclic N) is 1. The summed E-state index contributed by atoms with van der Waals surface area (Å²) in [6.07, 6.45) is 2.19. The van der Waals surface area contributed by atoms with Crippen LogP contribution in [0, 0.1) is 6.92 Å². The van der Waals surface area contributed by atoms with Crippen molar-refractivity contribution in [1.29, 1.82) is 0 Å². The van der Waals surface area contributed by atoms with Gasteiger partial charge < -0.3 is 24.8 Å². The van der Waals surface area contributed by atoms with Crippen LogP contribution in [0.3, 0.4) is 0 Å². The van der Waals surface area contributed by atoms with Crippen LogP contribution in [0.5, 0.6) is 11.5 Å². The van der Waals surface area contributed by atoms with Gasteiger partial charge in [-0.2, -0.15) is 0 Å². The van der Waals surface area contributed by atoms with E-state index in [-0.39, 0.29) is 6.10 Å². The number of aryl methyl sites for hydroxylation is 1. The van der Waals surface area contributed by atoms with E-state index in [9.17, 15) is 5.11 Å². The maximum absolute atomic E-state index is 10.1. The maximum Gasteiger partial charge on any atom is 0.161 e. The Balaban J connectivity index is 1.83. The first-order valence-electron chi connectivity index (χ1n) is 7.96. The molecule has 5 nitrogen and oxygen atoms in total. The van der Waals surface area contributed by atoms with Crippen LogP contribution in [0.1, 0.15) is 24.0 Å². The first-order chi connectivity index (χ1) is 10.6. The predicted molar refractivity (Wildman–Crippen MR) is 87.7 cm³/mol. The van der Waals surface area contributed by atoms with E-state index in [1.165, 1.54) is 12.8 Å². The molecular formula is C17H28N2O3. The molecule has 1 heterocycles. The van der Waals surface area contributed by atoms with Gasteiger partial charge >= 0.3 is 0 Å². The molecule has 0 bridgehead atoms. The minimum atomic E-state index is -0.321. The lowest BCUT2D eigenvalue weighted by Crippen LogP contribution is -2.36. The van der Waals surface area contributed by atoms with Crippen molar-refractivity contribution in [2.45, 2.75) is 32.4 Å². The van der Waals surface area contributed by atoms with E-state index in [0.717, 1.165) is 42.3 Å². The second-order valence-electron chi connectivity index (χ2n) is 5.93.